The highest BCUT2D eigenvalue weighted by atomic mass is 79.9. The fourth-order valence-electron chi connectivity index (χ4n) is 2.33. The van der Waals surface area contributed by atoms with E-state index in [-0.39, 0.29) is 6.04 Å². The molecule has 0 saturated heterocycles. The van der Waals surface area contributed by atoms with Gasteiger partial charge in [-0.1, -0.05) is 28.8 Å². The Labute approximate surface area is 129 Å². The first-order valence-corrected chi connectivity index (χ1v) is 7.83. The summed E-state index contributed by atoms with van der Waals surface area (Å²) in [7, 11) is 3.28. The van der Waals surface area contributed by atoms with Crippen molar-refractivity contribution < 1.29 is 9.47 Å². The fourth-order valence-corrected chi connectivity index (χ4v) is 2.92. The van der Waals surface area contributed by atoms with Gasteiger partial charge in [-0.15, -0.1) is 0 Å². The Morgan fingerprint density at radius 3 is 2.50 bits per heavy atom. The predicted molar refractivity (Wildman–Crippen MR) is 84.4 cm³/mol. The molecule has 0 spiro atoms. The van der Waals surface area contributed by atoms with Crippen molar-refractivity contribution in [3.63, 3.8) is 0 Å². The number of halogens is 1. The van der Waals surface area contributed by atoms with Gasteiger partial charge in [0, 0.05) is 17.1 Å². The monoisotopic (exact) mass is 342 g/mol. The summed E-state index contributed by atoms with van der Waals surface area (Å²) in [4.78, 5) is 0. The van der Waals surface area contributed by atoms with E-state index in [4.69, 9.17) is 15.2 Å². The number of hydrogen-bond acceptors (Lipinski definition) is 4. The molecule has 1 fully saturated rings. The van der Waals surface area contributed by atoms with Gasteiger partial charge >= 0.3 is 0 Å². The summed E-state index contributed by atoms with van der Waals surface area (Å²) < 4.78 is 11.7. The zero-order valence-electron chi connectivity index (χ0n) is 12.1. The predicted octanol–water partition coefficient (Wildman–Crippen LogP) is 2.86. The Morgan fingerprint density at radius 1 is 1.30 bits per heavy atom. The number of benzene rings is 1. The molecule has 1 aromatic rings. The lowest BCUT2D eigenvalue weighted by Crippen LogP contribution is -2.29. The summed E-state index contributed by atoms with van der Waals surface area (Å²) >= 11 is 3.59. The third-order valence-electron chi connectivity index (χ3n) is 3.75. The highest BCUT2D eigenvalue weighted by Gasteiger charge is 2.22. The molecule has 1 saturated carbocycles. The first-order chi connectivity index (χ1) is 9.69. The highest BCUT2D eigenvalue weighted by molar-refractivity contribution is 9.10. The van der Waals surface area contributed by atoms with Crippen LogP contribution in [0.15, 0.2) is 16.6 Å². The Hall–Kier alpha value is -0.780. The number of nitrogens with one attached hydrogen (secondary N) is 1. The van der Waals surface area contributed by atoms with Gasteiger partial charge in [-0.2, -0.15) is 0 Å². The van der Waals surface area contributed by atoms with Crippen LogP contribution >= 0.6 is 15.9 Å². The standard InChI is InChI=1S/C15H23BrN2O2/c1-19-14-7-11(12(16)8-15(14)20-2)13(9-17)18-6-5-10-3-4-10/h7-8,10,13,18H,3-6,9,17H2,1-2H3. The molecular weight excluding hydrogens is 320 g/mol. The molecule has 5 heteroatoms. The maximum Gasteiger partial charge on any atom is 0.161 e. The van der Waals surface area contributed by atoms with Crippen molar-refractivity contribution in [3.8, 4) is 11.5 Å². The van der Waals surface area contributed by atoms with Gasteiger partial charge in [0.25, 0.3) is 0 Å². The second-order valence-corrected chi connectivity index (χ2v) is 6.06. The van der Waals surface area contributed by atoms with Crippen molar-refractivity contribution >= 4 is 15.9 Å². The molecule has 0 radical (unpaired) electrons. The zero-order valence-corrected chi connectivity index (χ0v) is 13.7. The molecule has 1 aromatic carbocycles. The van der Waals surface area contributed by atoms with E-state index in [0.717, 1.165) is 34.0 Å². The summed E-state index contributed by atoms with van der Waals surface area (Å²) in [5.41, 5.74) is 7.02. The Morgan fingerprint density at radius 2 is 1.95 bits per heavy atom. The second kappa shape index (κ2) is 7.29. The second-order valence-electron chi connectivity index (χ2n) is 5.20. The van der Waals surface area contributed by atoms with Gasteiger partial charge in [0.15, 0.2) is 11.5 Å². The molecule has 0 amide bonds. The number of nitrogens with two attached hydrogens (primary N) is 1. The van der Waals surface area contributed by atoms with Crippen LogP contribution in [0.3, 0.4) is 0 Å². The molecule has 0 aromatic heterocycles. The van der Waals surface area contributed by atoms with Gasteiger partial charge in [0.1, 0.15) is 0 Å². The van der Waals surface area contributed by atoms with Gasteiger partial charge in [-0.05, 0) is 36.6 Å². The van der Waals surface area contributed by atoms with E-state index in [2.05, 4.69) is 21.2 Å². The minimum absolute atomic E-state index is 0.128. The summed E-state index contributed by atoms with van der Waals surface area (Å²) in [6.07, 6.45) is 4.01. The van der Waals surface area contributed by atoms with E-state index in [9.17, 15) is 0 Å². The quantitative estimate of drug-likeness (QED) is 0.762. The maximum atomic E-state index is 5.91. The van der Waals surface area contributed by atoms with Gasteiger partial charge in [0.05, 0.1) is 14.2 Å². The molecule has 1 atom stereocenters. The van der Waals surface area contributed by atoms with Gasteiger partial charge in [0.2, 0.25) is 0 Å². The summed E-state index contributed by atoms with van der Waals surface area (Å²) in [6, 6.07) is 4.05. The summed E-state index contributed by atoms with van der Waals surface area (Å²) in [5.74, 6) is 2.37. The normalized spacial score (nSPS) is 16.0. The van der Waals surface area contributed by atoms with Gasteiger partial charge in [-0.3, -0.25) is 0 Å². The van der Waals surface area contributed by atoms with Crippen molar-refractivity contribution in [2.75, 3.05) is 27.3 Å². The molecule has 1 aliphatic rings. The SMILES string of the molecule is COc1cc(Br)c(C(CN)NCCC2CC2)cc1OC. The van der Waals surface area contributed by atoms with Crippen LogP contribution in [0.4, 0.5) is 0 Å². The first-order valence-electron chi connectivity index (χ1n) is 7.04. The fraction of sp³-hybridized carbons (Fsp3) is 0.600. The molecule has 0 aliphatic heterocycles. The van der Waals surface area contributed by atoms with E-state index in [1.807, 2.05) is 12.1 Å². The van der Waals surface area contributed by atoms with Crippen LogP contribution in [0.25, 0.3) is 0 Å². The largest absolute Gasteiger partial charge is 0.493 e. The number of hydrogen-bond donors (Lipinski definition) is 2. The molecule has 0 bridgehead atoms. The van der Waals surface area contributed by atoms with Crippen molar-refractivity contribution in [1.82, 2.24) is 5.32 Å². The van der Waals surface area contributed by atoms with Crippen LogP contribution in [0.5, 0.6) is 11.5 Å². The summed E-state index contributed by atoms with van der Waals surface area (Å²) in [6.45, 7) is 1.56. The number of methoxy groups -OCH3 is 2. The van der Waals surface area contributed by atoms with Crippen LogP contribution in [-0.4, -0.2) is 27.3 Å². The van der Waals surface area contributed by atoms with Gasteiger partial charge < -0.3 is 20.5 Å². The lowest BCUT2D eigenvalue weighted by molar-refractivity contribution is 0.353. The molecule has 4 nitrogen and oxygen atoms in total. The minimum Gasteiger partial charge on any atom is -0.493 e. The molecule has 3 N–H and O–H groups in total. The van der Waals surface area contributed by atoms with Gasteiger partial charge in [-0.25, -0.2) is 0 Å². The van der Waals surface area contributed by atoms with Crippen LogP contribution < -0.4 is 20.5 Å². The topological polar surface area (TPSA) is 56.5 Å². The van der Waals surface area contributed by atoms with Crippen LogP contribution in [0, 0.1) is 5.92 Å². The van der Waals surface area contributed by atoms with E-state index in [1.165, 1.54) is 19.3 Å². The third kappa shape index (κ3) is 3.87. The lowest BCUT2D eigenvalue weighted by atomic mass is 10.1. The summed E-state index contributed by atoms with van der Waals surface area (Å²) in [5, 5.41) is 3.54. The molecule has 112 valence electrons. The third-order valence-corrected chi connectivity index (χ3v) is 4.44. The van der Waals surface area contributed by atoms with Crippen LogP contribution in [0.2, 0.25) is 0 Å². The first kappa shape index (κ1) is 15.6. The average Bonchev–Trinajstić information content (AvgIpc) is 3.28. The van der Waals surface area contributed by atoms with Crippen molar-refractivity contribution in [2.45, 2.75) is 25.3 Å². The van der Waals surface area contributed by atoms with E-state index < -0.39 is 0 Å². The number of ether oxygens (including phenoxy) is 2. The zero-order chi connectivity index (χ0) is 14.5. The molecule has 2 rings (SSSR count). The average molecular weight is 343 g/mol. The minimum atomic E-state index is 0.128. The highest BCUT2D eigenvalue weighted by Crippen LogP contribution is 2.36. The van der Waals surface area contributed by atoms with Crippen LogP contribution in [-0.2, 0) is 0 Å². The van der Waals surface area contributed by atoms with E-state index in [0.29, 0.717) is 6.54 Å². The Kier molecular flexibility index (Phi) is 5.69. The van der Waals surface area contributed by atoms with E-state index >= 15 is 0 Å². The Balaban J connectivity index is 2.10. The maximum absolute atomic E-state index is 5.91. The van der Waals surface area contributed by atoms with Crippen molar-refractivity contribution in [3.05, 3.63) is 22.2 Å². The smallest absolute Gasteiger partial charge is 0.161 e. The van der Waals surface area contributed by atoms with Crippen molar-refractivity contribution in [2.24, 2.45) is 11.7 Å². The molecule has 1 unspecified atom stereocenters. The lowest BCUT2D eigenvalue weighted by Gasteiger charge is -2.20. The van der Waals surface area contributed by atoms with Crippen molar-refractivity contribution in [1.29, 1.82) is 0 Å². The van der Waals surface area contributed by atoms with Crippen LogP contribution in [0.1, 0.15) is 30.9 Å². The molecule has 20 heavy (non-hydrogen) atoms. The van der Waals surface area contributed by atoms with E-state index in [1.54, 1.807) is 14.2 Å². The molecule has 0 heterocycles. The molecular formula is C15H23BrN2O2. The molecule has 1 aliphatic carbocycles. The Bertz CT molecular complexity index is 450. The number of rotatable bonds is 8.